The van der Waals surface area contributed by atoms with Crippen LogP contribution in [0, 0.1) is 0 Å². The monoisotopic (exact) mass is 419 g/mol. The molecule has 0 bridgehead atoms. The molecular formula is C19H20F3N7O. The Kier molecular flexibility index (Phi) is 4.40. The third kappa shape index (κ3) is 3.37. The Morgan fingerprint density at radius 2 is 1.97 bits per heavy atom. The molecule has 1 saturated carbocycles. The van der Waals surface area contributed by atoms with E-state index in [1.807, 2.05) is 11.0 Å². The Balaban J connectivity index is 1.43. The summed E-state index contributed by atoms with van der Waals surface area (Å²) in [5, 5.41) is 0. The molecule has 1 atom stereocenters. The second-order valence-corrected chi connectivity index (χ2v) is 7.55. The molecule has 0 aromatic carbocycles. The number of rotatable bonds is 5. The fraction of sp³-hybridized carbons (Fsp3) is 0.474. The van der Waals surface area contributed by atoms with Crippen LogP contribution in [0.1, 0.15) is 25.0 Å². The van der Waals surface area contributed by atoms with Crippen LogP contribution >= 0.6 is 0 Å². The van der Waals surface area contributed by atoms with Crippen LogP contribution in [0.15, 0.2) is 31.0 Å². The lowest BCUT2D eigenvalue weighted by molar-refractivity contribution is -0.140. The Bertz CT molecular complexity index is 1070. The molecule has 0 spiro atoms. The van der Waals surface area contributed by atoms with Gasteiger partial charge in [-0.3, -0.25) is 0 Å². The van der Waals surface area contributed by atoms with Crippen molar-refractivity contribution >= 4 is 17.3 Å². The zero-order valence-electron chi connectivity index (χ0n) is 16.2. The molecule has 0 radical (unpaired) electrons. The maximum absolute atomic E-state index is 13.1. The summed E-state index contributed by atoms with van der Waals surface area (Å²) >= 11 is 0. The normalized spacial score (nSPS) is 19.5. The molecule has 8 nitrogen and oxygen atoms in total. The Morgan fingerprint density at radius 1 is 1.13 bits per heavy atom. The van der Waals surface area contributed by atoms with Gasteiger partial charge in [0.05, 0.1) is 7.11 Å². The number of ether oxygens (including phenoxy) is 1. The number of aromatic nitrogens is 5. The molecule has 0 amide bonds. The number of alkyl halides is 3. The topological polar surface area (TPSA) is 71.7 Å². The van der Waals surface area contributed by atoms with Gasteiger partial charge in [0.2, 0.25) is 5.88 Å². The maximum Gasteiger partial charge on any atom is 0.434 e. The minimum atomic E-state index is -4.49. The number of hydrogen-bond acceptors (Lipinski definition) is 7. The van der Waals surface area contributed by atoms with Crippen LogP contribution in [0.4, 0.5) is 24.8 Å². The van der Waals surface area contributed by atoms with Crippen molar-refractivity contribution in [2.45, 2.75) is 37.5 Å². The van der Waals surface area contributed by atoms with Crippen LogP contribution in [-0.2, 0) is 6.18 Å². The van der Waals surface area contributed by atoms with Gasteiger partial charge in [0.25, 0.3) is 0 Å². The summed E-state index contributed by atoms with van der Waals surface area (Å²) in [6, 6.07) is 2.39. The molecule has 3 aromatic rings. The lowest BCUT2D eigenvalue weighted by atomic mass is 10.2. The van der Waals surface area contributed by atoms with E-state index in [1.54, 1.807) is 7.11 Å². The van der Waals surface area contributed by atoms with Crippen molar-refractivity contribution in [2.24, 2.45) is 0 Å². The first-order chi connectivity index (χ1) is 14.4. The molecule has 1 aliphatic carbocycles. The van der Waals surface area contributed by atoms with Crippen LogP contribution in [0.25, 0.3) is 5.65 Å². The third-order valence-corrected chi connectivity index (χ3v) is 5.54. The van der Waals surface area contributed by atoms with E-state index in [4.69, 9.17) is 4.74 Å². The molecule has 30 heavy (non-hydrogen) atoms. The summed E-state index contributed by atoms with van der Waals surface area (Å²) in [7, 11) is 1.57. The molecule has 5 rings (SSSR count). The van der Waals surface area contributed by atoms with E-state index >= 15 is 0 Å². The number of anilines is 2. The second-order valence-electron chi connectivity index (χ2n) is 7.55. The number of hydrogen-bond donors (Lipinski definition) is 0. The molecule has 1 saturated heterocycles. The molecule has 2 fully saturated rings. The summed E-state index contributed by atoms with van der Waals surface area (Å²) < 4.78 is 45.9. The Labute approximate surface area is 170 Å². The van der Waals surface area contributed by atoms with Gasteiger partial charge in [0, 0.05) is 49.8 Å². The minimum Gasteiger partial charge on any atom is -0.481 e. The standard InChI is InChI=1S/C19H20F3N7O/c1-30-16-8-15(24-11-25-16)29(12-2-3-12)13-4-6-27(9-13)17-18-26-14(19(20,21)22)10-28(18)7-5-23-17/h5,7-8,10-13H,2-4,6,9H2,1H3. The van der Waals surface area contributed by atoms with Gasteiger partial charge in [0.15, 0.2) is 17.2 Å². The van der Waals surface area contributed by atoms with Gasteiger partial charge in [-0.1, -0.05) is 0 Å². The molecule has 4 heterocycles. The number of halogens is 3. The average Bonchev–Trinajstić information content (AvgIpc) is 3.25. The number of methoxy groups -OCH3 is 1. The highest BCUT2D eigenvalue weighted by atomic mass is 19.4. The number of nitrogens with zero attached hydrogens (tertiary/aromatic N) is 7. The summed E-state index contributed by atoms with van der Waals surface area (Å²) in [6.45, 7) is 1.31. The Morgan fingerprint density at radius 3 is 2.70 bits per heavy atom. The third-order valence-electron chi connectivity index (χ3n) is 5.54. The van der Waals surface area contributed by atoms with E-state index in [-0.39, 0.29) is 11.7 Å². The first-order valence-corrected chi connectivity index (χ1v) is 9.74. The molecule has 1 unspecified atom stereocenters. The van der Waals surface area contributed by atoms with Crippen LogP contribution in [0.2, 0.25) is 0 Å². The molecule has 1 aliphatic heterocycles. The van der Waals surface area contributed by atoms with E-state index in [0.717, 1.165) is 31.3 Å². The predicted molar refractivity (Wildman–Crippen MR) is 103 cm³/mol. The highest BCUT2D eigenvalue weighted by Crippen LogP contribution is 2.37. The van der Waals surface area contributed by atoms with Crippen LogP contribution in [0.5, 0.6) is 5.88 Å². The van der Waals surface area contributed by atoms with Gasteiger partial charge in [0.1, 0.15) is 12.1 Å². The summed E-state index contributed by atoms with van der Waals surface area (Å²) in [6.07, 6.45) is 4.00. The van der Waals surface area contributed by atoms with Crippen molar-refractivity contribution < 1.29 is 17.9 Å². The van der Waals surface area contributed by atoms with Crippen LogP contribution < -0.4 is 14.5 Å². The predicted octanol–water partition coefficient (Wildman–Crippen LogP) is 2.79. The van der Waals surface area contributed by atoms with Gasteiger partial charge < -0.3 is 18.9 Å². The highest BCUT2D eigenvalue weighted by molar-refractivity contribution is 5.65. The average molecular weight is 419 g/mol. The lowest BCUT2D eigenvalue weighted by Gasteiger charge is -2.30. The van der Waals surface area contributed by atoms with Gasteiger partial charge in [-0.25, -0.2) is 19.9 Å². The Hall–Kier alpha value is -3.11. The van der Waals surface area contributed by atoms with E-state index in [2.05, 4.69) is 24.8 Å². The molecule has 3 aromatic heterocycles. The SMILES string of the molecule is COc1cc(N(C2CC2)C2CCN(c3nccn4cc(C(F)(F)F)nc34)C2)ncn1. The van der Waals surface area contributed by atoms with Gasteiger partial charge in [-0.15, -0.1) is 0 Å². The molecule has 2 aliphatic rings. The lowest BCUT2D eigenvalue weighted by Crippen LogP contribution is -2.40. The smallest absolute Gasteiger partial charge is 0.434 e. The van der Waals surface area contributed by atoms with Gasteiger partial charge >= 0.3 is 6.18 Å². The number of fused-ring (bicyclic) bond motifs is 1. The fourth-order valence-electron chi connectivity index (χ4n) is 4.03. The second kappa shape index (κ2) is 6.99. The quantitative estimate of drug-likeness (QED) is 0.630. The summed E-state index contributed by atoms with van der Waals surface area (Å²) in [4.78, 5) is 21.0. The molecule has 158 valence electrons. The van der Waals surface area contributed by atoms with E-state index in [1.165, 1.54) is 23.1 Å². The first-order valence-electron chi connectivity index (χ1n) is 9.74. The maximum atomic E-state index is 13.1. The van der Waals surface area contributed by atoms with Crippen molar-refractivity contribution in [2.75, 3.05) is 30.0 Å². The molecular weight excluding hydrogens is 399 g/mol. The van der Waals surface area contributed by atoms with E-state index in [9.17, 15) is 13.2 Å². The van der Waals surface area contributed by atoms with Crippen molar-refractivity contribution in [3.05, 3.63) is 36.7 Å². The fourth-order valence-corrected chi connectivity index (χ4v) is 4.03. The van der Waals surface area contributed by atoms with E-state index < -0.39 is 11.9 Å². The first kappa shape index (κ1) is 18.9. The minimum absolute atomic E-state index is 0.163. The zero-order chi connectivity index (χ0) is 20.9. The molecule has 11 heteroatoms. The number of imidazole rings is 1. The van der Waals surface area contributed by atoms with Crippen molar-refractivity contribution in [3.8, 4) is 5.88 Å². The van der Waals surface area contributed by atoms with Crippen molar-refractivity contribution in [1.29, 1.82) is 0 Å². The molecule has 0 N–H and O–H groups in total. The van der Waals surface area contributed by atoms with Crippen LogP contribution in [0.3, 0.4) is 0 Å². The van der Waals surface area contributed by atoms with Crippen molar-refractivity contribution in [1.82, 2.24) is 24.3 Å². The van der Waals surface area contributed by atoms with E-state index in [0.29, 0.717) is 30.8 Å². The van der Waals surface area contributed by atoms with Gasteiger partial charge in [-0.2, -0.15) is 13.2 Å². The summed E-state index contributed by atoms with van der Waals surface area (Å²) in [5.74, 6) is 1.78. The highest BCUT2D eigenvalue weighted by Gasteiger charge is 2.39. The van der Waals surface area contributed by atoms with Gasteiger partial charge in [-0.05, 0) is 19.3 Å². The van der Waals surface area contributed by atoms with Crippen LogP contribution in [-0.4, -0.2) is 56.6 Å². The zero-order valence-corrected chi connectivity index (χ0v) is 16.2. The summed E-state index contributed by atoms with van der Waals surface area (Å²) in [5.41, 5.74) is -0.702. The van der Waals surface area contributed by atoms with Crippen molar-refractivity contribution in [3.63, 3.8) is 0 Å². The largest absolute Gasteiger partial charge is 0.481 e.